The highest BCUT2D eigenvalue weighted by Gasteiger charge is 2.10. The first-order chi connectivity index (χ1) is 12.7. The molecule has 0 bridgehead atoms. The molecule has 26 heavy (non-hydrogen) atoms. The average Bonchev–Trinajstić information content (AvgIpc) is 3.12. The maximum atomic E-state index is 5.23. The lowest BCUT2D eigenvalue weighted by molar-refractivity contribution is 0.415. The lowest BCUT2D eigenvalue weighted by Crippen LogP contribution is -2.04. The van der Waals surface area contributed by atoms with Crippen LogP contribution in [0.1, 0.15) is 11.1 Å². The minimum absolute atomic E-state index is 0.706. The van der Waals surface area contributed by atoms with E-state index in [1.165, 1.54) is 11.1 Å². The highest BCUT2D eigenvalue weighted by Crippen LogP contribution is 2.25. The van der Waals surface area contributed by atoms with Crippen molar-refractivity contribution in [2.75, 3.05) is 12.4 Å². The molecule has 0 unspecified atom stereocenters. The number of ether oxygens (including phenoxy) is 1. The third-order valence-electron chi connectivity index (χ3n) is 4.39. The molecule has 5 heteroatoms. The van der Waals surface area contributed by atoms with Crippen LogP contribution in [-0.2, 0) is 6.54 Å². The molecule has 4 aromatic rings. The Kier molecular flexibility index (Phi) is 4.27. The summed E-state index contributed by atoms with van der Waals surface area (Å²) in [5, 5.41) is 3.39. The quantitative estimate of drug-likeness (QED) is 0.586. The molecule has 2 heterocycles. The van der Waals surface area contributed by atoms with Gasteiger partial charge in [0.2, 0.25) is 0 Å². The highest BCUT2D eigenvalue weighted by molar-refractivity contribution is 5.70. The molecular formula is C21H20N4O. The zero-order valence-corrected chi connectivity index (χ0v) is 14.8. The van der Waals surface area contributed by atoms with Gasteiger partial charge in [-0.25, -0.2) is 9.97 Å². The smallest absolute Gasteiger partial charge is 0.180 e. The van der Waals surface area contributed by atoms with E-state index in [4.69, 9.17) is 4.74 Å². The summed E-state index contributed by atoms with van der Waals surface area (Å²) in [6, 6.07) is 16.4. The number of hydrogen-bond acceptors (Lipinski definition) is 4. The van der Waals surface area contributed by atoms with E-state index in [2.05, 4.69) is 46.5 Å². The first kappa shape index (κ1) is 16.1. The lowest BCUT2D eigenvalue weighted by Gasteiger charge is -2.08. The van der Waals surface area contributed by atoms with Gasteiger partial charge >= 0.3 is 0 Å². The van der Waals surface area contributed by atoms with Crippen LogP contribution in [0.4, 0.5) is 5.82 Å². The van der Waals surface area contributed by atoms with Gasteiger partial charge in [0, 0.05) is 24.5 Å². The number of imidazole rings is 1. The topological polar surface area (TPSA) is 51.5 Å². The molecule has 0 aliphatic rings. The van der Waals surface area contributed by atoms with Gasteiger partial charge in [-0.15, -0.1) is 0 Å². The summed E-state index contributed by atoms with van der Waals surface area (Å²) >= 11 is 0. The fraction of sp³-hybridized carbons (Fsp3) is 0.143. The zero-order chi connectivity index (χ0) is 17.9. The van der Waals surface area contributed by atoms with Gasteiger partial charge in [0.25, 0.3) is 0 Å². The number of aromatic nitrogens is 3. The number of nitrogens with one attached hydrogen (secondary N) is 1. The highest BCUT2D eigenvalue weighted by atomic mass is 16.5. The van der Waals surface area contributed by atoms with Gasteiger partial charge < -0.3 is 10.1 Å². The maximum Gasteiger partial charge on any atom is 0.180 e. The van der Waals surface area contributed by atoms with E-state index in [1.54, 1.807) is 13.3 Å². The van der Waals surface area contributed by atoms with E-state index in [-0.39, 0.29) is 0 Å². The number of aryl methyl sites for hydroxylation is 1. The van der Waals surface area contributed by atoms with E-state index < -0.39 is 0 Å². The summed E-state index contributed by atoms with van der Waals surface area (Å²) in [4.78, 5) is 9.03. The molecule has 130 valence electrons. The minimum Gasteiger partial charge on any atom is -0.497 e. The molecule has 0 saturated heterocycles. The van der Waals surface area contributed by atoms with Crippen LogP contribution in [0, 0.1) is 6.92 Å². The summed E-state index contributed by atoms with van der Waals surface area (Å²) in [5.41, 5.74) is 5.37. The summed E-state index contributed by atoms with van der Waals surface area (Å²) in [7, 11) is 1.67. The van der Waals surface area contributed by atoms with Crippen molar-refractivity contribution in [3.05, 3.63) is 78.2 Å². The van der Waals surface area contributed by atoms with E-state index in [9.17, 15) is 0 Å². The molecule has 0 amide bonds. The Balaban J connectivity index is 1.62. The Morgan fingerprint density at radius 2 is 1.77 bits per heavy atom. The van der Waals surface area contributed by atoms with Gasteiger partial charge in [-0.2, -0.15) is 0 Å². The summed E-state index contributed by atoms with van der Waals surface area (Å²) in [6.45, 7) is 2.79. The lowest BCUT2D eigenvalue weighted by atomic mass is 10.1. The van der Waals surface area contributed by atoms with Gasteiger partial charge in [0.1, 0.15) is 5.75 Å². The van der Waals surface area contributed by atoms with Gasteiger partial charge in [0.15, 0.2) is 11.5 Å². The van der Waals surface area contributed by atoms with Gasteiger partial charge in [-0.05, 0) is 36.8 Å². The Bertz CT molecular complexity index is 1020. The van der Waals surface area contributed by atoms with Crippen molar-refractivity contribution < 1.29 is 4.74 Å². The van der Waals surface area contributed by atoms with E-state index >= 15 is 0 Å². The number of benzene rings is 2. The SMILES string of the molecule is COc1ccc(-c2cnc3c(NCc4ccc(C)cc4)nccn23)cc1. The van der Waals surface area contributed by atoms with Crippen molar-refractivity contribution in [2.24, 2.45) is 0 Å². The second-order valence-electron chi connectivity index (χ2n) is 6.18. The monoisotopic (exact) mass is 344 g/mol. The maximum absolute atomic E-state index is 5.23. The Labute approximate surface area is 152 Å². The predicted octanol–water partition coefficient (Wildman–Crippen LogP) is 4.33. The van der Waals surface area contributed by atoms with E-state index in [0.717, 1.165) is 28.5 Å². The number of anilines is 1. The first-order valence-corrected chi connectivity index (χ1v) is 8.50. The zero-order valence-electron chi connectivity index (χ0n) is 14.8. The van der Waals surface area contributed by atoms with Crippen LogP contribution in [0.5, 0.6) is 5.75 Å². The molecule has 0 saturated carbocycles. The van der Waals surface area contributed by atoms with Crippen LogP contribution in [-0.4, -0.2) is 21.5 Å². The number of hydrogen-bond donors (Lipinski definition) is 1. The molecule has 2 aromatic carbocycles. The minimum atomic E-state index is 0.706. The second kappa shape index (κ2) is 6.88. The number of nitrogens with zero attached hydrogens (tertiary/aromatic N) is 3. The molecule has 0 aliphatic heterocycles. The van der Waals surface area contributed by atoms with Crippen molar-refractivity contribution in [1.29, 1.82) is 0 Å². The average molecular weight is 344 g/mol. The molecule has 5 nitrogen and oxygen atoms in total. The molecular weight excluding hydrogens is 324 g/mol. The largest absolute Gasteiger partial charge is 0.497 e. The summed E-state index contributed by atoms with van der Waals surface area (Å²) in [6.07, 6.45) is 5.59. The van der Waals surface area contributed by atoms with Crippen LogP contribution < -0.4 is 10.1 Å². The van der Waals surface area contributed by atoms with Gasteiger partial charge in [0.05, 0.1) is 19.0 Å². The molecule has 0 aliphatic carbocycles. The summed E-state index contributed by atoms with van der Waals surface area (Å²) in [5.74, 6) is 1.61. The third kappa shape index (κ3) is 3.11. The van der Waals surface area contributed by atoms with Crippen molar-refractivity contribution in [3.63, 3.8) is 0 Å². The molecule has 0 fully saturated rings. The first-order valence-electron chi connectivity index (χ1n) is 8.50. The molecule has 0 spiro atoms. The van der Waals surface area contributed by atoms with Crippen molar-refractivity contribution in [2.45, 2.75) is 13.5 Å². The van der Waals surface area contributed by atoms with Gasteiger partial charge in [-0.1, -0.05) is 29.8 Å². The van der Waals surface area contributed by atoms with Crippen molar-refractivity contribution in [1.82, 2.24) is 14.4 Å². The molecule has 4 rings (SSSR count). The van der Waals surface area contributed by atoms with Crippen LogP contribution >= 0.6 is 0 Å². The van der Waals surface area contributed by atoms with E-state index in [1.807, 2.05) is 41.1 Å². The van der Waals surface area contributed by atoms with Crippen molar-refractivity contribution >= 4 is 11.5 Å². The second-order valence-corrected chi connectivity index (χ2v) is 6.18. The van der Waals surface area contributed by atoms with Gasteiger partial charge in [-0.3, -0.25) is 4.40 Å². The van der Waals surface area contributed by atoms with Crippen LogP contribution in [0.25, 0.3) is 16.9 Å². The fourth-order valence-electron chi connectivity index (χ4n) is 2.91. The Hall–Kier alpha value is -3.34. The van der Waals surface area contributed by atoms with Crippen LogP contribution in [0.2, 0.25) is 0 Å². The number of methoxy groups -OCH3 is 1. The standard InChI is InChI=1S/C21H20N4O/c1-15-3-5-16(6-4-15)13-23-20-21-24-14-19(25(21)12-11-22-20)17-7-9-18(26-2)10-8-17/h3-12,14H,13H2,1-2H3,(H,22,23). The molecule has 0 radical (unpaired) electrons. The predicted molar refractivity (Wildman–Crippen MR) is 103 cm³/mol. The van der Waals surface area contributed by atoms with Crippen molar-refractivity contribution in [3.8, 4) is 17.0 Å². The molecule has 2 aromatic heterocycles. The Morgan fingerprint density at radius 1 is 1.00 bits per heavy atom. The van der Waals surface area contributed by atoms with Crippen LogP contribution in [0.15, 0.2) is 67.1 Å². The molecule has 0 atom stereocenters. The normalized spacial score (nSPS) is 10.8. The fourth-order valence-corrected chi connectivity index (χ4v) is 2.91. The summed E-state index contributed by atoms with van der Waals surface area (Å²) < 4.78 is 7.28. The van der Waals surface area contributed by atoms with Crippen LogP contribution in [0.3, 0.4) is 0 Å². The number of fused-ring (bicyclic) bond motifs is 1. The van der Waals surface area contributed by atoms with E-state index in [0.29, 0.717) is 6.54 Å². The Morgan fingerprint density at radius 3 is 2.50 bits per heavy atom. The number of rotatable bonds is 5. The third-order valence-corrected chi connectivity index (χ3v) is 4.39. The molecule has 1 N–H and O–H groups in total.